The maximum absolute atomic E-state index is 13.5. The van der Waals surface area contributed by atoms with E-state index in [9.17, 15) is 13.2 Å². The zero-order chi connectivity index (χ0) is 22.8. The Morgan fingerprint density at radius 1 is 1.16 bits per heavy atom. The lowest BCUT2D eigenvalue weighted by atomic mass is 9.78. The lowest BCUT2D eigenvalue weighted by Gasteiger charge is -2.41. The summed E-state index contributed by atoms with van der Waals surface area (Å²) < 4.78 is 45.4. The quantitative estimate of drug-likeness (QED) is 0.652. The van der Waals surface area contributed by atoms with Gasteiger partial charge in [0.25, 0.3) is 0 Å². The summed E-state index contributed by atoms with van der Waals surface area (Å²) in [7, 11) is -3.96. The molecular formula is C22H25ClN2O6S. The summed E-state index contributed by atoms with van der Waals surface area (Å²) in [4.78, 5) is 11.8. The van der Waals surface area contributed by atoms with Crippen molar-refractivity contribution in [3.8, 4) is 17.2 Å². The third kappa shape index (κ3) is 4.79. The number of halogens is 1. The first-order chi connectivity index (χ1) is 15.3. The van der Waals surface area contributed by atoms with Crippen LogP contribution in [0.5, 0.6) is 17.2 Å². The van der Waals surface area contributed by atoms with E-state index in [0.29, 0.717) is 49.8 Å². The highest BCUT2D eigenvalue weighted by Crippen LogP contribution is 2.41. The third-order valence-corrected chi connectivity index (χ3v) is 7.99. The maximum Gasteiger partial charge on any atom is 0.244 e. The molecule has 0 aliphatic carbocycles. The normalized spacial score (nSPS) is 21.2. The van der Waals surface area contributed by atoms with E-state index in [1.165, 1.54) is 16.4 Å². The Hall–Kier alpha value is -2.49. The number of primary amides is 1. The highest BCUT2D eigenvalue weighted by Gasteiger charge is 2.42. The lowest BCUT2D eigenvalue weighted by molar-refractivity contribution is -0.121. The molecule has 8 nitrogen and oxygen atoms in total. The highest BCUT2D eigenvalue weighted by atomic mass is 35.5. The topological polar surface area (TPSA) is 108 Å². The molecule has 2 aliphatic rings. The summed E-state index contributed by atoms with van der Waals surface area (Å²) in [6.45, 7) is 1.27. The molecule has 2 aromatic carbocycles. The van der Waals surface area contributed by atoms with Crippen LogP contribution in [0.15, 0.2) is 47.4 Å². The van der Waals surface area contributed by atoms with Crippen molar-refractivity contribution in [3.05, 3.63) is 47.5 Å². The number of piperidine rings is 1. The molecule has 1 amide bonds. The fourth-order valence-corrected chi connectivity index (χ4v) is 6.28. The van der Waals surface area contributed by atoms with E-state index in [1.807, 2.05) is 30.3 Å². The van der Waals surface area contributed by atoms with Crippen LogP contribution in [0.3, 0.4) is 0 Å². The van der Waals surface area contributed by atoms with E-state index in [0.717, 1.165) is 0 Å². The fourth-order valence-electron chi connectivity index (χ4n) is 4.19. The van der Waals surface area contributed by atoms with Crippen LogP contribution in [0.1, 0.15) is 19.3 Å². The molecule has 4 rings (SSSR count). The van der Waals surface area contributed by atoms with Gasteiger partial charge in [0.05, 0.1) is 11.6 Å². The van der Waals surface area contributed by atoms with Gasteiger partial charge in [0.2, 0.25) is 15.9 Å². The molecule has 1 atom stereocenters. The number of nitrogens with two attached hydrogens (primary N) is 1. The number of para-hydroxylation sites is 1. The first kappa shape index (κ1) is 22.7. The van der Waals surface area contributed by atoms with Gasteiger partial charge < -0.3 is 19.9 Å². The van der Waals surface area contributed by atoms with Crippen LogP contribution in [0.25, 0.3) is 0 Å². The molecule has 0 bridgehead atoms. The van der Waals surface area contributed by atoms with Gasteiger partial charge in [0.1, 0.15) is 23.9 Å². The van der Waals surface area contributed by atoms with Crippen LogP contribution in [0.4, 0.5) is 0 Å². The van der Waals surface area contributed by atoms with Crippen molar-refractivity contribution < 1.29 is 27.4 Å². The number of fused-ring (bicyclic) bond motifs is 1. The third-order valence-electron chi connectivity index (χ3n) is 5.68. The minimum atomic E-state index is -3.96. The molecule has 0 radical (unpaired) electrons. The summed E-state index contributed by atoms with van der Waals surface area (Å²) >= 11 is 6.32. The van der Waals surface area contributed by atoms with Crippen LogP contribution in [0, 0.1) is 5.41 Å². The van der Waals surface area contributed by atoms with E-state index in [-0.39, 0.29) is 29.5 Å². The molecule has 2 heterocycles. The molecule has 2 aliphatic heterocycles. The number of ether oxygens (including phenoxy) is 3. The number of nitrogens with zero attached hydrogens (tertiary/aromatic N) is 1. The minimum Gasteiger partial charge on any atom is -0.493 e. The first-order valence-corrected chi connectivity index (χ1v) is 12.2. The highest BCUT2D eigenvalue weighted by molar-refractivity contribution is 7.89. The maximum atomic E-state index is 13.5. The summed E-state index contributed by atoms with van der Waals surface area (Å²) in [6.07, 6.45) is 1.19. The number of carbonyl (C=O) groups is 1. The number of sulfonamides is 1. The molecule has 2 aromatic rings. The van der Waals surface area contributed by atoms with Gasteiger partial charge in [-0.15, -0.1) is 0 Å². The summed E-state index contributed by atoms with van der Waals surface area (Å²) in [5, 5.41) is 0.0564. The standard InChI is InChI=1S/C22H25ClN2O6S/c23-17-11-18-19(30-10-9-29-18)12-20(17)32(27,28)25-8-4-7-22(14-25,13-21(24)26)15-31-16-5-2-1-3-6-16/h1-3,5-6,11-12H,4,7-10,13-15H2,(H2,24,26)/t22-/m0/s1. The van der Waals surface area contributed by atoms with Gasteiger partial charge in [-0.2, -0.15) is 4.31 Å². The molecule has 1 fully saturated rings. The lowest BCUT2D eigenvalue weighted by Crippen LogP contribution is -2.50. The molecule has 0 saturated carbocycles. The monoisotopic (exact) mass is 480 g/mol. The van der Waals surface area contributed by atoms with Crippen LogP contribution in [0.2, 0.25) is 5.02 Å². The molecule has 2 N–H and O–H groups in total. The Kier molecular flexibility index (Phi) is 6.50. The van der Waals surface area contributed by atoms with Crippen molar-refractivity contribution in [1.29, 1.82) is 0 Å². The number of hydrogen-bond donors (Lipinski definition) is 1. The average molecular weight is 481 g/mol. The average Bonchev–Trinajstić information content (AvgIpc) is 2.77. The minimum absolute atomic E-state index is 0.0146. The van der Waals surface area contributed by atoms with E-state index < -0.39 is 21.3 Å². The number of benzene rings is 2. The second-order valence-electron chi connectivity index (χ2n) is 8.11. The molecule has 1 saturated heterocycles. The number of amides is 1. The Labute approximate surface area is 192 Å². The van der Waals surface area contributed by atoms with E-state index in [4.69, 9.17) is 31.5 Å². The van der Waals surface area contributed by atoms with Gasteiger partial charge in [-0.1, -0.05) is 29.8 Å². The largest absolute Gasteiger partial charge is 0.493 e. The van der Waals surface area contributed by atoms with Crippen molar-refractivity contribution in [2.45, 2.75) is 24.2 Å². The van der Waals surface area contributed by atoms with Crippen LogP contribution < -0.4 is 19.9 Å². The summed E-state index contributed by atoms with van der Waals surface area (Å²) in [6, 6.07) is 12.0. The van der Waals surface area contributed by atoms with Gasteiger partial charge in [-0.3, -0.25) is 4.79 Å². The molecule has 10 heteroatoms. The molecule has 0 unspecified atom stereocenters. The van der Waals surface area contributed by atoms with E-state index in [2.05, 4.69) is 0 Å². The summed E-state index contributed by atoms with van der Waals surface area (Å²) in [5.41, 5.74) is 4.79. The van der Waals surface area contributed by atoms with Gasteiger partial charge in [0.15, 0.2) is 11.5 Å². The van der Waals surface area contributed by atoms with Crippen molar-refractivity contribution in [3.63, 3.8) is 0 Å². The zero-order valence-corrected chi connectivity index (χ0v) is 19.0. The Bertz CT molecular complexity index is 1100. The number of hydrogen-bond acceptors (Lipinski definition) is 6. The SMILES string of the molecule is NC(=O)C[C@@]1(COc2ccccc2)CCCN(S(=O)(=O)c2cc3c(cc2Cl)OCCO3)C1. The smallest absolute Gasteiger partial charge is 0.244 e. The van der Waals surface area contributed by atoms with E-state index in [1.54, 1.807) is 0 Å². The van der Waals surface area contributed by atoms with Crippen LogP contribution in [-0.4, -0.2) is 51.5 Å². The van der Waals surface area contributed by atoms with Gasteiger partial charge in [0, 0.05) is 37.1 Å². The summed E-state index contributed by atoms with van der Waals surface area (Å²) in [5.74, 6) is 0.898. The van der Waals surface area contributed by atoms with Crippen molar-refractivity contribution >= 4 is 27.5 Å². The zero-order valence-electron chi connectivity index (χ0n) is 17.5. The Morgan fingerprint density at radius 3 is 2.53 bits per heavy atom. The number of rotatable bonds is 7. The van der Waals surface area contributed by atoms with Crippen LogP contribution >= 0.6 is 11.6 Å². The van der Waals surface area contributed by atoms with Gasteiger partial charge >= 0.3 is 0 Å². The van der Waals surface area contributed by atoms with Gasteiger partial charge in [-0.05, 0) is 25.0 Å². The molecule has 172 valence electrons. The second kappa shape index (κ2) is 9.17. The van der Waals surface area contributed by atoms with Crippen LogP contribution in [-0.2, 0) is 14.8 Å². The fraction of sp³-hybridized carbons (Fsp3) is 0.409. The Balaban J connectivity index is 1.61. The van der Waals surface area contributed by atoms with Crippen molar-refractivity contribution in [2.24, 2.45) is 11.1 Å². The van der Waals surface area contributed by atoms with Crippen molar-refractivity contribution in [1.82, 2.24) is 4.31 Å². The van der Waals surface area contributed by atoms with E-state index >= 15 is 0 Å². The molecule has 0 spiro atoms. The predicted molar refractivity (Wildman–Crippen MR) is 119 cm³/mol. The molecule has 0 aromatic heterocycles. The Morgan fingerprint density at radius 2 is 1.84 bits per heavy atom. The van der Waals surface area contributed by atoms with Crippen molar-refractivity contribution in [2.75, 3.05) is 32.9 Å². The second-order valence-corrected chi connectivity index (χ2v) is 10.4. The first-order valence-electron chi connectivity index (χ1n) is 10.3. The predicted octanol–water partition coefficient (Wildman–Crippen LogP) is 2.84. The number of carbonyl (C=O) groups excluding carboxylic acids is 1. The molecule has 32 heavy (non-hydrogen) atoms. The van der Waals surface area contributed by atoms with Gasteiger partial charge in [-0.25, -0.2) is 8.42 Å². The molecular weight excluding hydrogens is 456 g/mol.